The summed E-state index contributed by atoms with van der Waals surface area (Å²) in [4.78, 5) is 2.34. The van der Waals surface area contributed by atoms with Crippen LogP contribution in [0.4, 0.5) is 0 Å². The molecule has 4 rings (SSSR count). The molecule has 1 aromatic carbocycles. The van der Waals surface area contributed by atoms with Crippen molar-refractivity contribution in [2.24, 2.45) is 0 Å². The number of ether oxygens (including phenoxy) is 3. The number of hydrogen-bond acceptors (Lipinski definition) is 6. The van der Waals surface area contributed by atoms with Crippen LogP contribution in [0.25, 0.3) is 11.4 Å². The van der Waals surface area contributed by atoms with Gasteiger partial charge in [0.1, 0.15) is 0 Å². The summed E-state index contributed by atoms with van der Waals surface area (Å²) in [7, 11) is 3.31. The van der Waals surface area contributed by atoms with Gasteiger partial charge in [-0.25, -0.2) is 4.68 Å². The molecule has 0 N–H and O–H groups in total. The summed E-state index contributed by atoms with van der Waals surface area (Å²) in [6.07, 6.45) is 6.09. The number of rotatable bonds is 6. The fraction of sp³-hybridized carbons (Fsp3) is 0.619. The first-order valence-electron chi connectivity index (χ1n) is 10.4. The van der Waals surface area contributed by atoms with Crippen molar-refractivity contribution in [2.45, 2.75) is 44.8 Å². The van der Waals surface area contributed by atoms with Crippen molar-refractivity contribution < 1.29 is 14.2 Å². The van der Waals surface area contributed by atoms with Crippen molar-refractivity contribution in [1.82, 2.24) is 19.2 Å². The van der Waals surface area contributed by atoms with Gasteiger partial charge in [0, 0.05) is 24.7 Å². The van der Waals surface area contributed by atoms with Gasteiger partial charge in [0.15, 0.2) is 22.1 Å². The highest BCUT2D eigenvalue weighted by molar-refractivity contribution is 7.71. The summed E-state index contributed by atoms with van der Waals surface area (Å²) in [5.74, 6) is 2.33. The molecule has 1 saturated carbocycles. The molecule has 1 saturated heterocycles. The van der Waals surface area contributed by atoms with Crippen molar-refractivity contribution in [3.63, 3.8) is 0 Å². The fourth-order valence-electron chi connectivity index (χ4n) is 4.28. The summed E-state index contributed by atoms with van der Waals surface area (Å²) in [5, 5.41) is 4.98. The van der Waals surface area contributed by atoms with Crippen LogP contribution in [-0.2, 0) is 11.4 Å². The quantitative estimate of drug-likeness (QED) is 0.664. The highest BCUT2D eigenvalue weighted by atomic mass is 32.1. The lowest BCUT2D eigenvalue weighted by Crippen LogP contribution is -2.37. The monoisotopic (exact) mass is 418 g/mol. The van der Waals surface area contributed by atoms with Crippen molar-refractivity contribution in [3.05, 3.63) is 23.0 Å². The van der Waals surface area contributed by atoms with E-state index < -0.39 is 0 Å². The minimum atomic E-state index is 0.401. The normalized spacial score (nSPS) is 18.7. The van der Waals surface area contributed by atoms with E-state index in [1.807, 2.05) is 22.9 Å². The van der Waals surface area contributed by atoms with Crippen molar-refractivity contribution in [3.8, 4) is 22.9 Å². The molecular weight excluding hydrogens is 388 g/mol. The first kappa shape index (κ1) is 20.4. The van der Waals surface area contributed by atoms with E-state index in [0.717, 1.165) is 55.3 Å². The van der Waals surface area contributed by atoms with Crippen LogP contribution in [-0.4, -0.2) is 59.8 Å². The minimum Gasteiger partial charge on any atom is -0.493 e. The van der Waals surface area contributed by atoms with Gasteiger partial charge in [0.05, 0.1) is 34.1 Å². The Morgan fingerprint density at radius 3 is 2.48 bits per heavy atom. The Balaban J connectivity index is 1.74. The molecule has 2 heterocycles. The van der Waals surface area contributed by atoms with Crippen LogP contribution in [0.2, 0.25) is 0 Å². The van der Waals surface area contributed by atoms with E-state index >= 15 is 0 Å². The van der Waals surface area contributed by atoms with E-state index in [0.29, 0.717) is 24.2 Å². The molecular formula is C21H30N4O3S. The molecule has 0 bridgehead atoms. The molecule has 1 aliphatic carbocycles. The maximum absolute atomic E-state index is 5.92. The summed E-state index contributed by atoms with van der Waals surface area (Å²) in [5.41, 5.74) is 1.00. The van der Waals surface area contributed by atoms with Crippen molar-refractivity contribution in [1.29, 1.82) is 0 Å². The SMILES string of the molecule is COc1ccc(-c2nn(CN3CCOCC3)c(=S)n2C2CCCCC2)cc1OC. The van der Waals surface area contributed by atoms with Crippen LogP contribution in [0, 0.1) is 4.77 Å². The van der Waals surface area contributed by atoms with E-state index in [4.69, 9.17) is 31.5 Å². The largest absolute Gasteiger partial charge is 0.493 e. The van der Waals surface area contributed by atoms with E-state index in [9.17, 15) is 0 Å². The molecule has 158 valence electrons. The second-order valence-corrected chi connectivity index (χ2v) is 8.07. The average molecular weight is 419 g/mol. The number of hydrogen-bond donors (Lipinski definition) is 0. The van der Waals surface area contributed by atoms with Gasteiger partial charge >= 0.3 is 0 Å². The van der Waals surface area contributed by atoms with Crippen LogP contribution in [0.1, 0.15) is 38.1 Å². The van der Waals surface area contributed by atoms with E-state index in [1.165, 1.54) is 19.3 Å². The summed E-state index contributed by atoms with van der Waals surface area (Å²) in [6.45, 7) is 4.04. The molecule has 7 nitrogen and oxygen atoms in total. The summed E-state index contributed by atoms with van der Waals surface area (Å²) < 4.78 is 21.5. The van der Waals surface area contributed by atoms with E-state index in [-0.39, 0.29) is 0 Å². The van der Waals surface area contributed by atoms with Gasteiger partial charge in [0.25, 0.3) is 0 Å². The average Bonchev–Trinajstić information content (AvgIpc) is 3.10. The van der Waals surface area contributed by atoms with Crippen LogP contribution in [0.3, 0.4) is 0 Å². The number of nitrogens with zero attached hydrogens (tertiary/aromatic N) is 4. The minimum absolute atomic E-state index is 0.401. The van der Waals surface area contributed by atoms with Crippen LogP contribution < -0.4 is 9.47 Å². The molecule has 0 unspecified atom stereocenters. The zero-order valence-corrected chi connectivity index (χ0v) is 18.1. The van der Waals surface area contributed by atoms with Gasteiger partial charge in [-0.3, -0.25) is 9.47 Å². The zero-order chi connectivity index (χ0) is 20.2. The first-order valence-corrected chi connectivity index (χ1v) is 10.8. The maximum atomic E-state index is 5.92. The van der Waals surface area contributed by atoms with Crippen molar-refractivity contribution in [2.75, 3.05) is 40.5 Å². The Bertz CT molecular complexity index is 883. The number of aromatic nitrogens is 3. The highest BCUT2D eigenvalue weighted by Crippen LogP contribution is 2.36. The predicted molar refractivity (Wildman–Crippen MR) is 114 cm³/mol. The molecule has 0 amide bonds. The first-order chi connectivity index (χ1) is 14.2. The number of morpholine rings is 1. The van der Waals surface area contributed by atoms with Gasteiger partial charge in [-0.2, -0.15) is 5.10 Å². The molecule has 2 aromatic rings. The zero-order valence-electron chi connectivity index (χ0n) is 17.3. The fourth-order valence-corrected chi connectivity index (χ4v) is 4.62. The molecule has 0 radical (unpaired) electrons. The van der Waals surface area contributed by atoms with Crippen molar-refractivity contribution >= 4 is 12.2 Å². The summed E-state index contributed by atoms with van der Waals surface area (Å²) >= 11 is 5.92. The van der Waals surface area contributed by atoms with E-state index in [2.05, 4.69) is 9.47 Å². The molecule has 2 fully saturated rings. The number of benzene rings is 1. The van der Waals surface area contributed by atoms with Crippen LogP contribution in [0.5, 0.6) is 11.5 Å². The molecule has 8 heteroatoms. The Hall–Kier alpha value is -1.90. The maximum Gasteiger partial charge on any atom is 0.199 e. The second-order valence-electron chi connectivity index (χ2n) is 7.71. The third kappa shape index (κ3) is 4.34. The highest BCUT2D eigenvalue weighted by Gasteiger charge is 2.24. The standard InChI is InChI=1S/C21H30N4O3S/c1-26-18-9-8-16(14-19(18)27-2)20-22-24(15-23-10-12-28-13-11-23)21(29)25(20)17-6-4-3-5-7-17/h8-9,14,17H,3-7,10-13,15H2,1-2H3. The van der Waals surface area contributed by atoms with Gasteiger partial charge in [-0.05, 0) is 43.3 Å². The molecule has 1 aromatic heterocycles. The Morgan fingerprint density at radius 2 is 1.79 bits per heavy atom. The van der Waals surface area contributed by atoms with Crippen LogP contribution in [0.15, 0.2) is 18.2 Å². The van der Waals surface area contributed by atoms with Gasteiger partial charge in [-0.1, -0.05) is 19.3 Å². The lowest BCUT2D eigenvalue weighted by atomic mass is 9.95. The van der Waals surface area contributed by atoms with Gasteiger partial charge in [0.2, 0.25) is 0 Å². The predicted octanol–water partition coefficient (Wildman–Crippen LogP) is 3.89. The Kier molecular flexibility index (Phi) is 6.52. The molecule has 0 atom stereocenters. The summed E-state index contributed by atoms with van der Waals surface area (Å²) in [6, 6.07) is 6.37. The third-order valence-electron chi connectivity index (χ3n) is 5.89. The Labute approximate surface area is 177 Å². The third-order valence-corrected chi connectivity index (χ3v) is 6.30. The molecule has 29 heavy (non-hydrogen) atoms. The van der Waals surface area contributed by atoms with E-state index in [1.54, 1.807) is 14.2 Å². The second kappa shape index (κ2) is 9.28. The topological polar surface area (TPSA) is 53.7 Å². The van der Waals surface area contributed by atoms with Gasteiger partial charge < -0.3 is 14.2 Å². The lowest BCUT2D eigenvalue weighted by molar-refractivity contribution is 0.0209. The molecule has 2 aliphatic rings. The molecule has 0 spiro atoms. The number of methoxy groups -OCH3 is 2. The van der Waals surface area contributed by atoms with Gasteiger partial charge in [-0.15, -0.1) is 0 Å². The lowest BCUT2D eigenvalue weighted by Gasteiger charge is -2.26. The van der Waals surface area contributed by atoms with Crippen LogP contribution >= 0.6 is 12.2 Å². The smallest absolute Gasteiger partial charge is 0.199 e. The molecule has 1 aliphatic heterocycles. The Morgan fingerprint density at radius 1 is 1.07 bits per heavy atom.